The molecule has 0 saturated carbocycles. The lowest BCUT2D eigenvalue weighted by Crippen LogP contribution is -2.45. The molecule has 8 nitrogen and oxygen atoms in total. The minimum atomic E-state index is -4.35. The van der Waals surface area contributed by atoms with Gasteiger partial charge in [0.25, 0.3) is 0 Å². The predicted octanol–water partition coefficient (Wildman–Crippen LogP) is 18.2. The van der Waals surface area contributed by atoms with Crippen LogP contribution >= 0.6 is 7.82 Å². The van der Waals surface area contributed by atoms with Crippen LogP contribution in [0.1, 0.15) is 245 Å². The van der Waals surface area contributed by atoms with E-state index in [2.05, 4.69) is 104 Å². The highest BCUT2D eigenvalue weighted by atomic mass is 31.2. The van der Waals surface area contributed by atoms with Crippen LogP contribution in [0.4, 0.5) is 0 Å². The first-order chi connectivity index (χ1) is 35.0. The van der Waals surface area contributed by atoms with Gasteiger partial charge in [0.2, 0.25) is 5.91 Å². The number of carbonyl (C=O) groups is 1. The van der Waals surface area contributed by atoms with Crippen molar-refractivity contribution in [3.05, 3.63) is 97.2 Å². The molecule has 0 aromatic carbocycles. The van der Waals surface area contributed by atoms with Gasteiger partial charge in [-0.15, -0.1) is 0 Å². The number of amides is 1. The number of nitrogens with one attached hydrogen (secondary N) is 1. The summed E-state index contributed by atoms with van der Waals surface area (Å²) < 4.78 is 23.6. The Bertz CT molecular complexity index is 1490. The van der Waals surface area contributed by atoms with Gasteiger partial charge in [-0.2, -0.15) is 0 Å². The first-order valence-corrected chi connectivity index (χ1v) is 31.1. The van der Waals surface area contributed by atoms with Crippen LogP contribution in [-0.4, -0.2) is 73.4 Å². The SMILES string of the molecule is CC/C=C\C/C=C\C/C=C\C/C=C\C/C=C\C/C=C\CCCCCCCCCCCCCCCCCCCCC(=O)NC(COP(=O)(O)OCC[N+](C)(C)C)C(O)/C=C/CC/C=C/CCCCCCCCC. The number of rotatable bonds is 53. The highest BCUT2D eigenvalue weighted by Crippen LogP contribution is 2.43. The van der Waals surface area contributed by atoms with Crippen LogP contribution in [0, 0.1) is 0 Å². The molecule has 9 heteroatoms. The van der Waals surface area contributed by atoms with Crippen molar-refractivity contribution in [1.29, 1.82) is 0 Å². The Kier molecular flexibility index (Phi) is 51.3. The molecule has 0 aliphatic rings. The Hall–Kier alpha value is -2.58. The number of phosphoric ester groups is 1. The first kappa shape index (κ1) is 69.4. The van der Waals surface area contributed by atoms with E-state index < -0.39 is 20.0 Å². The van der Waals surface area contributed by atoms with Gasteiger partial charge in [0.05, 0.1) is 39.9 Å². The van der Waals surface area contributed by atoms with Gasteiger partial charge in [-0.25, -0.2) is 4.57 Å². The molecule has 3 N–H and O–H groups in total. The molecule has 0 spiro atoms. The van der Waals surface area contributed by atoms with Crippen molar-refractivity contribution in [3.63, 3.8) is 0 Å². The molecule has 0 saturated heterocycles. The molecule has 0 aromatic rings. The molecule has 0 rings (SSSR count). The van der Waals surface area contributed by atoms with Crippen LogP contribution in [0.2, 0.25) is 0 Å². The van der Waals surface area contributed by atoms with Crippen LogP contribution in [0.5, 0.6) is 0 Å². The fourth-order valence-corrected chi connectivity index (χ4v) is 8.92. The fourth-order valence-electron chi connectivity index (χ4n) is 8.18. The summed E-state index contributed by atoms with van der Waals surface area (Å²) >= 11 is 0. The van der Waals surface area contributed by atoms with E-state index in [1.807, 2.05) is 27.2 Å². The zero-order chi connectivity index (χ0) is 52.7. The smallest absolute Gasteiger partial charge is 0.387 e. The molecular weight excluding hydrogens is 912 g/mol. The Morgan fingerprint density at radius 1 is 0.486 bits per heavy atom. The number of aliphatic hydroxyl groups excluding tert-OH is 1. The van der Waals surface area contributed by atoms with Gasteiger partial charge in [0.15, 0.2) is 0 Å². The lowest BCUT2D eigenvalue weighted by atomic mass is 10.0. The Morgan fingerprint density at radius 2 is 0.847 bits per heavy atom. The van der Waals surface area contributed by atoms with Crippen LogP contribution in [0.15, 0.2) is 97.2 Å². The standard InChI is InChI=1S/C63H113N2O6P/c1-6-8-10-12-14-16-18-20-21-22-23-24-25-26-27-28-29-30-31-32-33-34-35-36-37-38-39-40-41-42-43-45-47-49-51-53-55-57-63(67)64-61(60-71-72(68,69)70-59-58-65(3,4)5)62(66)56-54-52-50-48-46-44-19-17-15-13-11-9-7-2/h8,10,14,16,20-21,23-24,26-27,29-30,46,48,54,56,61-62,66H,6-7,9,11-13,15,17-19,22,25,28,31-45,47,49-53,55,57-60H2,1-5H3,(H-,64,67,68,69)/p+1/b10-8-,16-14-,21-20-,24-23-,27-26-,30-29-,48-46+,56-54+. The topological polar surface area (TPSA) is 105 Å². The molecule has 0 fully saturated rings. The minimum Gasteiger partial charge on any atom is -0.387 e. The third-order valence-electron chi connectivity index (χ3n) is 12.8. The van der Waals surface area contributed by atoms with E-state index in [9.17, 15) is 19.4 Å². The number of carbonyl (C=O) groups excluding carboxylic acids is 1. The number of quaternary nitrogens is 1. The minimum absolute atomic E-state index is 0.0539. The second kappa shape index (κ2) is 53.3. The number of nitrogens with zero attached hydrogens (tertiary/aromatic N) is 1. The molecule has 0 heterocycles. The predicted molar refractivity (Wildman–Crippen MR) is 313 cm³/mol. The monoisotopic (exact) mass is 1030 g/mol. The second-order valence-electron chi connectivity index (χ2n) is 21.0. The van der Waals surface area contributed by atoms with Crippen molar-refractivity contribution in [2.45, 2.75) is 257 Å². The molecule has 0 aromatic heterocycles. The summed E-state index contributed by atoms with van der Waals surface area (Å²) in [7, 11) is 1.55. The maximum Gasteiger partial charge on any atom is 0.472 e. The molecule has 0 aliphatic heterocycles. The van der Waals surface area contributed by atoms with Gasteiger partial charge in [-0.1, -0.05) is 252 Å². The summed E-state index contributed by atoms with van der Waals surface area (Å²) in [6.07, 6.45) is 76.7. The Labute approximate surface area is 445 Å². The third-order valence-corrected chi connectivity index (χ3v) is 13.8. The van der Waals surface area contributed by atoms with Crippen molar-refractivity contribution in [3.8, 4) is 0 Å². The van der Waals surface area contributed by atoms with E-state index in [0.29, 0.717) is 17.4 Å². The average molecular weight is 1030 g/mol. The zero-order valence-electron chi connectivity index (χ0n) is 47.4. The van der Waals surface area contributed by atoms with E-state index in [1.54, 1.807) is 6.08 Å². The lowest BCUT2D eigenvalue weighted by molar-refractivity contribution is -0.870. The number of allylic oxidation sites excluding steroid dienone is 15. The fraction of sp³-hybridized carbons (Fsp3) is 0.730. The maximum atomic E-state index is 13.0. The molecular formula is C63H114N2O6P+. The van der Waals surface area contributed by atoms with E-state index in [4.69, 9.17) is 9.05 Å². The molecule has 0 aliphatic carbocycles. The summed E-state index contributed by atoms with van der Waals surface area (Å²) in [4.78, 5) is 23.2. The number of unbranched alkanes of at least 4 members (excludes halogenated alkanes) is 26. The van der Waals surface area contributed by atoms with Gasteiger partial charge < -0.3 is 19.8 Å². The Balaban J connectivity index is 4.01. The lowest BCUT2D eigenvalue weighted by Gasteiger charge is -2.25. The highest BCUT2D eigenvalue weighted by molar-refractivity contribution is 7.47. The molecule has 3 unspecified atom stereocenters. The van der Waals surface area contributed by atoms with Crippen LogP contribution in [0.3, 0.4) is 0 Å². The summed E-state index contributed by atoms with van der Waals surface area (Å²) in [5.74, 6) is -0.188. The molecule has 0 bridgehead atoms. The van der Waals surface area contributed by atoms with Gasteiger partial charge in [-0.05, 0) is 83.5 Å². The number of hydrogen-bond donors (Lipinski definition) is 3. The molecule has 72 heavy (non-hydrogen) atoms. The highest BCUT2D eigenvalue weighted by Gasteiger charge is 2.27. The average Bonchev–Trinajstić information content (AvgIpc) is 3.34. The molecule has 1 amide bonds. The summed E-state index contributed by atoms with van der Waals surface area (Å²) in [6, 6.07) is -0.866. The zero-order valence-corrected chi connectivity index (χ0v) is 48.3. The van der Waals surface area contributed by atoms with E-state index in [-0.39, 0.29) is 19.1 Å². The number of likely N-dealkylation sites (N-methyl/N-ethyl adjacent to an activating group) is 1. The molecule has 3 atom stereocenters. The quantitative estimate of drug-likeness (QED) is 0.0243. The van der Waals surface area contributed by atoms with E-state index in [0.717, 1.165) is 77.0 Å². The van der Waals surface area contributed by atoms with Crippen molar-refractivity contribution in [2.24, 2.45) is 0 Å². The number of aliphatic hydroxyl groups is 1. The largest absolute Gasteiger partial charge is 0.472 e. The number of hydrogen-bond acceptors (Lipinski definition) is 5. The summed E-state index contributed by atoms with van der Waals surface area (Å²) in [6.45, 7) is 4.67. The van der Waals surface area contributed by atoms with E-state index >= 15 is 0 Å². The van der Waals surface area contributed by atoms with Crippen molar-refractivity contribution in [2.75, 3.05) is 40.9 Å². The van der Waals surface area contributed by atoms with Crippen LogP contribution in [0.25, 0.3) is 0 Å². The van der Waals surface area contributed by atoms with E-state index in [1.165, 1.54) is 148 Å². The van der Waals surface area contributed by atoms with Crippen molar-refractivity contribution >= 4 is 13.7 Å². The number of phosphoric acid groups is 1. The third kappa shape index (κ3) is 55.2. The Morgan fingerprint density at radius 3 is 1.28 bits per heavy atom. The van der Waals surface area contributed by atoms with Gasteiger partial charge in [-0.3, -0.25) is 13.8 Å². The van der Waals surface area contributed by atoms with Gasteiger partial charge in [0.1, 0.15) is 13.2 Å². The molecule has 416 valence electrons. The summed E-state index contributed by atoms with van der Waals surface area (Å²) in [5.41, 5.74) is 0. The summed E-state index contributed by atoms with van der Waals surface area (Å²) in [5, 5.41) is 13.9. The first-order valence-electron chi connectivity index (χ1n) is 29.6. The van der Waals surface area contributed by atoms with Gasteiger partial charge in [0, 0.05) is 6.42 Å². The van der Waals surface area contributed by atoms with Crippen LogP contribution in [-0.2, 0) is 18.4 Å². The molecule has 0 radical (unpaired) electrons. The van der Waals surface area contributed by atoms with Crippen molar-refractivity contribution < 1.29 is 32.9 Å². The van der Waals surface area contributed by atoms with Gasteiger partial charge >= 0.3 is 7.82 Å². The second-order valence-corrected chi connectivity index (χ2v) is 22.4. The normalized spacial score (nSPS) is 14.6. The maximum absolute atomic E-state index is 13.0. The van der Waals surface area contributed by atoms with Crippen LogP contribution < -0.4 is 5.32 Å². The van der Waals surface area contributed by atoms with Crippen molar-refractivity contribution in [1.82, 2.24) is 5.32 Å².